The summed E-state index contributed by atoms with van der Waals surface area (Å²) in [6, 6.07) is 3.73. The topological polar surface area (TPSA) is 49.4 Å². The van der Waals surface area contributed by atoms with Gasteiger partial charge in [0.1, 0.15) is 0 Å². The first-order valence-electron chi connectivity index (χ1n) is 6.23. The van der Waals surface area contributed by atoms with Crippen LogP contribution in [0.15, 0.2) is 21.5 Å². The summed E-state index contributed by atoms with van der Waals surface area (Å²) in [5, 5.41) is 3.28. The van der Waals surface area contributed by atoms with Gasteiger partial charge in [0.05, 0.1) is 4.90 Å². The number of sulfonamides is 1. The zero-order valence-electron chi connectivity index (χ0n) is 11.8. The molecule has 4 nitrogen and oxygen atoms in total. The molecule has 0 aliphatic carbocycles. The molecule has 1 N–H and O–H groups in total. The van der Waals surface area contributed by atoms with Gasteiger partial charge >= 0.3 is 0 Å². The Morgan fingerprint density at radius 1 is 1.32 bits per heavy atom. The molecule has 0 unspecified atom stereocenters. The lowest BCUT2D eigenvalue weighted by atomic mass is 10.1. The van der Waals surface area contributed by atoms with E-state index < -0.39 is 10.0 Å². The van der Waals surface area contributed by atoms with E-state index in [0.29, 0.717) is 15.9 Å². The Bertz CT molecular complexity index is 542. The molecule has 0 aromatic heterocycles. The zero-order chi connectivity index (χ0) is 14.6. The molecule has 0 radical (unpaired) electrons. The van der Waals surface area contributed by atoms with Crippen molar-refractivity contribution in [3.8, 4) is 0 Å². The molecule has 108 valence electrons. The molecule has 0 atom stereocenters. The fourth-order valence-electron chi connectivity index (χ4n) is 1.71. The van der Waals surface area contributed by atoms with E-state index >= 15 is 0 Å². The fraction of sp³-hybridized carbons (Fsp3) is 0.538. The summed E-state index contributed by atoms with van der Waals surface area (Å²) in [4.78, 5) is 0.325. The van der Waals surface area contributed by atoms with Crippen molar-refractivity contribution in [2.24, 2.45) is 0 Å². The van der Waals surface area contributed by atoms with E-state index in [9.17, 15) is 8.42 Å². The van der Waals surface area contributed by atoms with Gasteiger partial charge in [-0.25, -0.2) is 12.7 Å². The highest BCUT2D eigenvalue weighted by molar-refractivity contribution is 9.10. The number of rotatable bonds is 6. The Balaban J connectivity index is 3.18. The van der Waals surface area contributed by atoms with Crippen LogP contribution in [0, 0.1) is 6.92 Å². The van der Waals surface area contributed by atoms with Crippen LogP contribution in [0.4, 0.5) is 0 Å². The van der Waals surface area contributed by atoms with Gasteiger partial charge in [0, 0.05) is 25.1 Å². The van der Waals surface area contributed by atoms with Crippen LogP contribution >= 0.6 is 15.9 Å². The average Bonchev–Trinajstić information content (AvgIpc) is 2.33. The molecule has 0 fully saturated rings. The average molecular weight is 349 g/mol. The highest BCUT2D eigenvalue weighted by Crippen LogP contribution is 2.28. The predicted octanol–water partition coefficient (Wildman–Crippen LogP) is 2.51. The first-order valence-corrected chi connectivity index (χ1v) is 8.46. The summed E-state index contributed by atoms with van der Waals surface area (Å²) < 4.78 is 26.4. The van der Waals surface area contributed by atoms with Crippen LogP contribution in [0.1, 0.15) is 24.5 Å². The molecule has 0 aliphatic heterocycles. The normalized spacial score (nSPS) is 12.1. The minimum atomic E-state index is -3.42. The van der Waals surface area contributed by atoms with Gasteiger partial charge in [-0.3, -0.25) is 0 Å². The Kier molecular flexibility index (Phi) is 5.98. The number of nitrogens with zero attached hydrogens (tertiary/aromatic N) is 1. The Morgan fingerprint density at radius 3 is 2.47 bits per heavy atom. The van der Waals surface area contributed by atoms with E-state index in [1.54, 1.807) is 20.2 Å². The maximum Gasteiger partial charge on any atom is 0.243 e. The molecule has 0 saturated carbocycles. The van der Waals surface area contributed by atoms with Gasteiger partial charge in [0.2, 0.25) is 10.0 Å². The van der Waals surface area contributed by atoms with E-state index in [2.05, 4.69) is 28.2 Å². The first kappa shape index (κ1) is 16.6. The lowest BCUT2D eigenvalue weighted by Gasteiger charge is -2.16. The second-order valence-electron chi connectivity index (χ2n) is 4.69. The molecule has 6 heteroatoms. The number of aryl methyl sites for hydroxylation is 1. The van der Waals surface area contributed by atoms with Gasteiger partial charge in [-0.05, 0) is 53.0 Å². The predicted molar refractivity (Wildman–Crippen MR) is 81.7 cm³/mol. The van der Waals surface area contributed by atoms with Crippen LogP contribution < -0.4 is 5.32 Å². The van der Waals surface area contributed by atoms with Crippen molar-refractivity contribution in [3.05, 3.63) is 27.7 Å². The summed E-state index contributed by atoms with van der Waals surface area (Å²) in [7, 11) is -0.343. The maximum absolute atomic E-state index is 12.3. The van der Waals surface area contributed by atoms with Crippen molar-refractivity contribution in [2.75, 3.05) is 20.6 Å². The van der Waals surface area contributed by atoms with Crippen molar-refractivity contribution in [1.82, 2.24) is 9.62 Å². The lowest BCUT2D eigenvalue weighted by molar-refractivity contribution is 0.520. The smallest absolute Gasteiger partial charge is 0.243 e. The first-order chi connectivity index (χ1) is 8.80. The van der Waals surface area contributed by atoms with E-state index in [0.717, 1.165) is 24.1 Å². The molecule has 19 heavy (non-hydrogen) atoms. The van der Waals surface area contributed by atoms with E-state index in [-0.39, 0.29) is 0 Å². The van der Waals surface area contributed by atoms with Gasteiger partial charge in [-0.15, -0.1) is 0 Å². The Morgan fingerprint density at radius 2 is 1.95 bits per heavy atom. The van der Waals surface area contributed by atoms with Crippen LogP contribution in [0.5, 0.6) is 0 Å². The second kappa shape index (κ2) is 6.83. The number of hydrogen-bond acceptors (Lipinski definition) is 3. The SMILES string of the molecule is CCCNCc1cc(C)c(Br)c(S(=O)(=O)N(C)C)c1. The highest BCUT2D eigenvalue weighted by Gasteiger charge is 2.22. The van der Waals surface area contributed by atoms with Crippen molar-refractivity contribution in [3.63, 3.8) is 0 Å². The zero-order valence-corrected chi connectivity index (χ0v) is 14.2. The van der Waals surface area contributed by atoms with Gasteiger partial charge < -0.3 is 5.32 Å². The van der Waals surface area contributed by atoms with E-state index in [1.165, 1.54) is 4.31 Å². The monoisotopic (exact) mass is 348 g/mol. The number of nitrogens with one attached hydrogen (secondary N) is 1. The standard InChI is InChI=1S/C13H21BrN2O2S/c1-5-6-15-9-11-7-10(2)13(14)12(8-11)19(17,18)16(3)4/h7-8,15H,5-6,9H2,1-4H3. The fourth-order valence-corrected chi connectivity index (χ4v) is 3.63. The third kappa shape index (κ3) is 4.02. The number of halogens is 1. The van der Waals surface area contributed by atoms with Crippen LogP contribution in [0.25, 0.3) is 0 Å². The summed E-state index contributed by atoms with van der Waals surface area (Å²) in [5.41, 5.74) is 1.91. The van der Waals surface area contributed by atoms with Crippen LogP contribution in [-0.4, -0.2) is 33.4 Å². The molecule has 1 aromatic carbocycles. The molecule has 1 rings (SSSR count). The van der Waals surface area contributed by atoms with E-state index in [1.807, 2.05) is 13.0 Å². The second-order valence-corrected chi connectivity index (χ2v) is 7.60. The molecule has 0 aliphatic rings. The molecule has 0 amide bonds. The quantitative estimate of drug-likeness (QED) is 0.803. The van der Waals surface area contributed by atoms with Crippen molar-refractivity contribution in [1.29, 1.82) is 0 Å². The third-order valence-corrected chi connectivity index (χ3v) is 5.95. The maximum atomic E-state index is 12.3. The van der Waals surface area contributed by atoms with Crippen molar-refractivity contribution in [2.45, 2.75) is 31.7 Å². The van der Waals surface area contributed by atoms with Crippen LogP contribution in [0.2, 0.25) is 0 Å². The molecule has 0 spiro atoms. The minimum absolute atomic E-state index is 0.325. The van der Waals surface area contributed by atoms with Gasteiger partial charge in [-0.1, -0.05) is 13.0 Å². The summed E-state index contributed by atoms with van der Waals surface area (Å²) in [5.74, 6) is 0. The summed E-state index contributed by atoms with van der Waals surface area (Å²) in [6.07, 6.45) is 1.05. The molecule has 0 heterocycles. The molecular weight excluding hydrogens is 328 g/mol. The Labute approximate surface area is 124 Å². The molecule has 1 aromatic rings. The van der Waals surface area contributed by atoms with Crippen molar-refractivity contribution >= 4 is 26.0 Å². The summed E-state index contributed by atoms with van der Waals surface area (Å²) in [6.45, 7) is 5.60. The van der Waals surface area contributed by atoms with Gasteiger partial charge in [-0.2, -0.15) is 0 Å². The van der Waals surface area contributed by atoms with Crippen molar-refractivity contribution < 1.29 is 8.42 Å². The van der Waals surface area contributed by atoms with E-state index in [4.69, 9.17) is 0 Å². The number of hydrogen-bond donors (Lipinski definition) is 1. The number of benzene rings is 1. The minimum Gasteiger partial charge on any atom is -0.313 e. The van der Waals surface area contributed by atoms with Gasteiger partial charge in [0.15, 0.2) is 0 Å². The van der Waals surface area contributed by atoms with Crippen LogP contribution in [0.3, 0.4) is 0 Å². The largest absolute Gasteiger partial charge is 0.313 e. The summed E-state index contributed by atoms with van der Waals surface area (Å²) >= 11 is 3.37. The molecule has 0 bridgehead atoms. The van der Waals surface area contributed by atoms with Crippen LogP contribution in [-0.2, 0) is 16.6 Å². The molecular formula is C13H21BrN2O2S. The third-order valence-electron chi connectivity index (χ3n) is 2.80. The molecule has 0 saturated heterocycles. The highest BCUT2D eigenvalue weighted by atomic mass is 79.9. The Hall–Kier alpha value is -0.430. The lowest BCUT2D eigenvalue weighted by Crippen LogP contribution is -2.23. The van der Waals surface area contributed by atoms with Gasteiger partial charge in [0.25, 0.3) is 0 Å².